The van der Waals surface area contributed by atoms with Crippen molar-refractivity contribution in [2.24, 2.45) is 0 Å². The molecule has 0 fully saturated rings. The fraction of sp³-hybridized carbons (Fsp3) is 0.0161. The van der Waals surface area contributed by atoms with Crippen molar-refractivity contribution in [1.29, 1.82) is 0 Å². The number of aromatic nitrogens is 4. The molecule has 1 unspecified atom stereocenters. The van der Waals surface area contributed by atoms with Crippen molar-refractivity contribution in [3.8, 4) is 50.7 Å². The number of hydrogen-bond acceptors (Lipinski definition) is 4. The zero-order chi connectivity index (χ0) is 44.3. The predicted molar refractivity (Wildman–Crippen MR) is 275 cm³/mol. The number of rotatable bonds is 8. The third-order valence-corrected chi connectivity index (χ3v) is 13.3. The van der Waals surface area contributed by atoms with E-state index in [2.05, 4.69) is 216 Å². The van der Waals surface area contributed by atoms with Crippen LogP contribution in [0, 0.1) is 0 Å². The fourth-order valence-corrected chi connectivity index (χ4v) is 10.3. The zero-order valence-corrected chi connectivity index (χ0v) is 36.4. The molecule has 0 radical (unpaired) electrons. The monoisotopic (exact) mass is 855 g/mol. The zero-order valence-electron chi connectivity index (χ0n) is 36.4. The van der Waals surface area contributed by atoms with Gasteiger partial charge in [-0.25, -0.2) is 4.98 Å². The predicted octanol–water partition coefficient (Wildman–Crippen LogP) is 15.8. The van der Waals surface area contributed by atoms with Gasteiger partial charge in [0.05, 0.1) is 11.0 Å². The average molecular weight is 856 g/mol. The van der Waals surface area contributed by atoms with Crippen LogP contribution in [0.25, 0.3) is 83.3 Å². The van der Waals surface area contributed by atoms with Crippen molar-refractivity contribution in [3.05, 3.63) is 259 Å². The summed E-state index contributed by atoms with van der Waals surface area (Å²) >= 11 is 0. The molecule has 2 heterocycles. The molecule has 67 heavy (non-hydrogen) atoms. The Morgan fingerprint density at radius 2 is 0.970 bits per heavy atom. The van der Waals surface area contributed by atoms with Gasteiger partial charge in [-0.3, -0.25) is 4.90 Å². The minimum atomic E-state index is 0.0420. The molecule has 0 N–H and O–H groups in total. The molecular weight excluding hydrogens is 815 g/mol. The molecule has 0 aliphatic heterocycles. The summed E-state index contributed by atoms with van der Waals surface area (Å²) in [4.78, 5) is 17.6. The van der Waals surface area contributed by atoms with Crippen molar-refractivity contribution >= 4 is 49.9 Å². The highest BCUT2D eigenvalue weighted by atomic mass is 15.3. The molecule has 1 aliphatic carbocycles. The normalized spacial score (nSPS) is 12.9. The van der Waals surface area contributed by atoms with Crippen LogP contribution in [0.4, 0.5) is 17.3 Å². The second-order valence-electron chi connectivity index (χ2n) is 17.2. The first-order chi connectivity index (χ1) is 33.2. The number of fused-ring (bicyclic) bond motifs is 7. The Labute approximate surface area is 388 Å². The lowest BCUT2D eigenvalue weighted by atomic mass is 9.88. The van der Waals surface area contributed by atoms with E-state index in [1.54, 1.807) is 0 Å². The van der Waals surface area contributed by atoms with Crippen LogP contribution in [0.3, 0.4) is 0 Å². The summed E-state index contributed by atoms with van der Waals surface area (Å²) in [5.74, 6) is 1.81. The summed E-state index contributed by atoms with van der Waals surface area (Å²) in [6.45, 7) is 0. The Morgan fingerprint density at radius 1 is 0.373 bits per heavy atom. The first kappa shape index (κ1) is 38.5. The molecule has 0 saturated heterocycles. The number of anilines is 3. The van der Waals surface area contributed by atoms with E-state index in [4.69, 9.17) is 15.0 Å². The van der Waals surface area contributed by atoms with Gasteiger partial charge >= 0.3 is 0 Å². The molecule has 0 saturated carbocycles. The van der Waals surface area contributed by atoms with Crippen LogP contribution in [0.5, 0.6) is 0 Å². The van der Waals surface area contributed by atoms with Crippen molar-refractivity contribution in [1.82, 2.24) is 19.5 Å². The molecule has 5 heteroatoms. The van der Waals surface area contributed by atoms with Crippen molar-refractivity contribution in [2.75, 3.05) is 4.90 Å². The van der Waals surface area contributed by atoms with Gasteiger partial charge < -0.3 is 4.57 Å². The van der Waals surface area contributed by atoms with Crippen molar-refractivity contribution in [3.63, 3.8) is 0 Å². The summed E-state index contributed by atoms with van der Waals surface area (Å²) in [6.07, 6.45) is 0. The van der Waals surface area contributed by atoms with Crippen molar-refractivity contribution < 1.29 is 0 Å². The molecule has 314 valence electrons. The second kappa shape index (κ2) is 15.9. The molecule has 2 aromatic heterocycles. The Balaban J connectivity index is 0.948. The Morgan fingerprint density at radius 3 is 1.73 bits per heavy atom. The van der Waals surface area contributed by atoms with Crippen molar-refractivity contribution in [2.45, 2.75) is 5.92 Å². The highest BCUT2D eigenvalue weighted by Crippen LogP contribution is 2.52. The van der Waals surface area contributed by atoms with Crippen LogP contribution < -0.4 is 4.90 Å². The highest BCUT2D eigenvalue weighted by molar-refractivity contribution is 6.10. The third-order valence-electron chi connectivity index (χ3n) is 13.3. The van der Waals surface area contributed by atoms with Gasteiger partial charge in [0.2, 0.25) is 5.95 Å². The molecule has 13 rings (SSSR count). The Bertz CT molecular complexity index is 3750. The lowest BCUT2D eigenvalue weighted by Crippen LogP contribution is -2.15. The minimum absolute atomic E-state index is 0.0420. The minimum Gasteiger partial charge on any atom is -0.309 e. The lowest BCUT2D eigenvalue weighted by Gasteiger charge is -2.25. The van der Waals surface area contributed by atoms with Gasteiger partial charge in [-0.1, -0.05) is 194 Å². The number of benzene rings is 10. The van der Waals surface area contributed by atoms with E-state index in [1.165, 1.54) is 66.1 Å². The lowest BCUT2D eigenvalue weighted by molar-refractivity contribution is 1.01. The van der Waals surface area contributed by atoms with E-state index in [0.717, 1.165) is 33.6 Å². The Kier molecular flexibility index (Phi) is 9.17. The first-order valence-electron chi connectivity index (χ1n) is 22.8. The summed E-state index contributed by atoms with van der Waals surface area (Å²) in [6, 6.07) is 86.6. The summed E-state index contributed by atoms with van der Waals surface area (Å²) in [7, 11) is 0. The van der Waals surface area contributed by atoms with E-state index in [1.807, 2.05) is 36.4 Å². The molecule has 0 amide bonds. The summed E-state index contributed by atoms with van der Waals surface area (Å²) in [5, 5.41) is 4.81. The van der Waals surface area contributed by atoms with Gasteiger partial charge in [-0.15, -0.1) is 0 Å². The fourth-order valence-electron chi connectivity index (χ4n) is 10.3. The van der Waals surface area contributed by atoms with Crippen LogP contribution in [-0.4, -0.2) is 19.5 Å². The maximum absolute atomic E-state index is 5.22. The largest absolute Gasteiger partial charge is 0.309 e. The van der Waals surface area contributed by atoms with E-state index in [0.29, 0.717) is 17.6 Å². The molecule has 12 aromatic rings. The molecule has 0 bridgehead atoms. The number of nitrogens with zero attached hydrogens (tertiary/aromatic N) is 5. The van der Waals surface area contributed by atoms with Gasteiger partial charge in [0, 0.05) is 44.9 Å². The van der Waals surface area contributed by atoms with Crippen LogP contribution in [0.15, 0.2) is 243 Å². The van der Waals surface area contributed by atoms with Gasteiger partial charge in [0.15, 0.2) is 11.6 Å². The van der Waals surface area contributed by atoms with Gasteiger partial charge in [0.1, 0.15) is 0 Å². The third kappa shape index (κ3) is 6.59. The SMILES string of the molecule is c1ccc(-c2nc(-c3ccccc3)nc(N(c3ccc(C4c5ccccc5-c5c(-c6ccc7c8ccccc8n(-c8ccccc8)c7c6)cccc54)cc3)c3ccc4ccccc4c3)n2)cc1. The molecule has 1 atom stereocenters. The molecular formula is C62H41N5. The molecule has 1 aliphatic rings. The molecule has 0 spiro atoms. The maximum atomic E-state index is 5.22. The average Bonchev–Trinajstić information content (AvgIpc) is 3.92. The standard InChI is InChI=1S/C62H41N5/c1-4-18-43(19-5-1)60-63-61(44-20-6-2-7-21-44)65-62(64-60)66(49-37-31-41-17-10-11-22-45(41)39-49)48-35-32-42(33-36-48)58-53-26-12-13-27-54(53)59-50(28-16-29-55(58)59)46-34-38-52-51-25-14-15-30-56(51)67(57(52)40-46)47-23-8-3-9-24-47/h1-40,58H. The molecule has 5 nitrogen and oxygen atoms in total. The Hall–Kier alpha value is -8.93. The van der Waals surface area contributed by atoms with E-state index in [-0.39, 0.29) is 5.92 Å². The van der Waals surface area contributed by atoms with Crippen LogP contribution in [0.1, 0.15) is 22.6 Å². The number of hydrogen-bond donors (Lipinski definition) is 0. The van der Waals surface area contributed by atoms with E-state index >= 15 is 0 Å². The number of para-hydroxylation sites is 2. The quantitative estimate of drug-likeness (QED) is 0.153. The van der Waals surface area contributed by atoms with Crippen LogP contribution in [-0.2, 0) is 0 Å². The highest BCUT2D eigenvalue weighted by Gasteiger charge is 2.32. The smallest absolute Gasteiger partial charge is 0.238 e. The van der Waals surface area contributed by atoms with E-state index in [9.17, 15) is 0 Å². The summed E-state index contributed by atoms with van der Waals surface area (Å²) < 4.78 is 2.40. The van der Waals surface area contributed by atoms with Crippen LogP contribution in [0.2, 0.25) is 0 Å². The molecule has 10 aromatic carbocycles. The van der Waals surface area contributed by atoms with Gasteiger partial charge in [-0.2, -0.15) is 9.97 Å². The summed E-state index contributed by atoms with van der Waals surface area (Å²) in [5.41, 5.74) is 16.1. The maximum Gasteiger partial charge on any atom is 0.238 e. The topological polar surface area (TPSA) is 46.8 Å². The van der Waals surface area contributed by atoms with E-state index < -0.39 is 0 Å². The van der Waals surface area contributed by atoms with Gasteiger partial charge in [0.25, 0.3) is 0 Å². The first-order valence-corrected chi connectivity index (χ1v) is 22.8. The second-order valence-corrected chi connectivity index (χ2v) is 17.2. The van der Waals surface area contributed by atoms with Gasteiger partial charge in [-0.05, 0) is 98.2 Å². The van der Waals surface area contributed by atoms with Crippen LogP contribution >= 0.6 is 0 Å².